The van der Waals surface area contributed by atoms with Crippen molar-refractivity contribution in [3.63, 3.8) is 0 Å². The van der Waals surface area contributed by atoms with E-state index in [9.17, 15) is 9.18 Å². The largest absolute Gasteiger partial charge is 0.275 e. The van der Waals surface area contributed by atoms with Gasteiger partial charge in [-0.25, -0.2) is 4.39 Å². The van der Waals surface area contributed by atoms with Crippen LogP contribution in [0.3, 0.4) is 0 Å². The van der Waals surface area contributed by atoms with Gasteiger partial charge in [-0.2, -0.15) is 0 Å². The van der Waals surface area contributed by atoms with Crippen molar-refractivity contribution in [3.8, 4) is 0 Å². The van der Waals surface area contributed by atoms with Crippen molar-refractivity contribution in [2.45, 2.75) is 18.8 Å². The summed E-state index contributed by atoms with van der Waals surface area (Å²) in [6, 6.07) is 4.59. The summed E-state index contributed by atoms with van der Waals surface area (Å²) in [5.74, 6) is -0.0280. The topological polar surface area (TPSA) is 17.1 Å². The zero-order valence-corrected chi connectivity index (χ0v) is 7.64. The van der Waals surface area contributed by atoms with Gasteiger partial charge in [-0.05, 0) is 48.1 Å². The first-order valence-corrected chi connectivity index (χ1v) is 4.55. The molecule has 1 aromatic carbocycles. The highest BCUT2D eigenvalue weighted by molar-refractivity contribution is 6.67. The number of hydrogen-bond donors (Lipinski definition) is 0. The second-order valence-electron chi connectivity index (χ2n) is 3.29. The number of carbonyl (C=O) groups excluding carboxylic acids is 1. The predicted molar refractivity (Wildman–Crippen MR) is 48.6 cm³/mol. The molecule has 1 fully saturated rings. The molecule has 0 amide bonds. The first kappa shape index (κ1) is 8.70. The molecular formula is C10H8ClFO. The van der Waals surface area contributed by atoms with Gasteiger partial charge in [0.1, 0.15) is 5.82 Å². The Bertz CT molecular complexity index is 358. The molecule has 0 bridgehead atoms. The fourth-order valence-electron chi connectivity index (χ4n) is 1.36. The number of halogens is 2. The molecular weight excluding hydrogens is 191 g/mol. The Morgan fingerprint density at radius 1 is 1.46 bits per heavy atom. The zero-order valence-electron chi connectivity index (χ0n) is 6.89. The Labute approximate surface area is 80.5 Å². The molecule has 0 N–H and O–H groups in total. The highest BCUT2D eigenvalue weighted by atomic mass is 35.5. The van der Waals surface area contributed by atoms with Crippen LogP contribution in [0.25, 0.3) is 0 Å². The molecule has 0 aromatic heterocycles. The summed E-state index contributed by atoms with van der Waals surface area (Å²) in [5, 5.41) is -0.722. The van der Waals surface area contributed by atoms with Crippen LogP contribution in [0.15, 0.2) is 18.2 Å². The molecule has 1 nitrogen and oxygen atoms in total. The Hall–Kier alpha value is -0.890. The van der Waals surface area contributed by atoms with Crippen LogP contribution in [0.2, 0.25) is 0 Å². The maximum Gasteiger partial charge on any atom is 0.255 e. The molecule has 0 atom stereocenters. The van der Waals surface area contributed by atoms with Crippen molar-refractivity contribution in [2.75, 3.05) is 0 Å². The Kier molecular flexibility index (Phi) is 2.08. The third-order valence-electron chi connectivity index (χ3n) is 2.25. The van der Waals surface area contributed by atoms with Crippen LogP contribution in [0, 0.1) is 5.82 Å². The predicted octanol–water partition coefficient (Wildman–Crippen LogP) is 3.08. The van der Waals surface area contributed by atoms with Gasteiger partial charge < -0.3 is 0 Å². The van der Waals surface area contributed by atoms with E-state index in [1.54, 1.807) is 12.1 Å². The van der Waals surface area contributed by atoms with E-state index in [-0.39, 0.29) is 5.56 Å². The van der Waals surface area contributed by atoms with E-state index in [4.69, 9.17) is 11.6 Å². The van der Waals surface area contributed by atoms with Crippen LogP contribution >= 0.6 is 11.6 Å². The Morgan fingerprint density at radius 3 is 2.69 bits per heavy atom. The third kappa shape index (κ3) is 1.73. The van der Waals surface area contributed by atoms with E-state index in [2.05, 4.69) is 0 Å². The second-order valence-corrected chi connectivity index (χ2v) is 3.63. The van der Waals surface area contributed by atoms with Gasteiger partial charge >= 0.3 is 0 Å². The number of hydrogen-bond acceptors (Lipinski definition) is 1. The van der Waals surface area contributed by atoms with Crippen molar-refractivity contribution < 1.29 is 9.18 Å². The van der Waals surface area contributed by atoms with Crippen LogP contribution < -0.4 is 0 Å². The fraction of sp³-hybridized carbons (Fsp3) is 0.300. The molecule has 1 saturated carbocycles. The third-order valence-corrected chi connectivity index (χ3v) is 2.45. The Balaban J connectivity index is 2.41. The fourth-order valence-corrected chi connectivity index (χ4v) is 1.51. The lowest BCUT2D eigenvalue weighted by molar-refractivity contribution is 0.107. The molecule has 68 valence electrons. The van der Waals surface area contributed by atoms with E-state index in [1.165, 1.54) is 6.07 Å². The molecule has 0 radical (unpaired) electrons. The molecule has 3 heteroatoms. The first-order valence-electron chi connectivity index (χ1n) is 4.18. The van der Waals surface area contributed by atoms with Gasteiger partial charge in [-0.1, -0.05) is 6.07 Å². The molecule has 1 aliphatic rings. The van der Waals surface area contributed by atoms with Crippen molar-refractivity contribution in [2.24, 2.45) is 0 Å². The normalized spacial score (nSPS) is 15.8. The van der Waals surface area contributed by atoms with Crippen LogP contribution in [-0.4, -0.2) is 5.24 Å². The molecule has 0 heterocycles. The van der Waals surface area contributed by atoms with Crippen molar-refractivity contribution in [3.05, 3.63) is 35.1 Å². The van der Waals surface area contributed by atoms with Gasteiger partial charge in [-0.15, -0.1) is 0 Å². The lowest BCUT2D eigenvalue weighted by atomic mass is 10.1. The van der Waals surface area contributed by atoms with Gasteiger partial charge in [0.25, 0.3) is 5.24 Å². The minimum absolute atomic E-state index is 0.00827. The lowest BCUT2D eigenvalue weighted by Crippen LogP contribution is -1.95. The summed E-state index contributed by atoms with van der Waals surface area (Å²) in [4.78, 5) is 10.8. The monoisotopic (exact) mass is 198 g/mol. The maximum absolute atomic E-state index is 13.0. The summed E-state index contributed by atoms with van der Waals surface area (Å²) in [5.41, 5.74) is 1.01. The molecule has 0 saturated heterocycles. The highest BCUT2D eigenvalue weighted by Gasteiger charge is 2.24. The van der Waals surface area contributed by atoms with E-state index in [0.717, 1.165) is 18.4 Å². The molecule has 2 rings (SSSR count). The van der Waals surface area contributed by atoms with Gasteiger partial charge in [0.2, 0.25) is 0 Å². The van der Waals surface area contributed by atoms with Gasteiger partial charge in [0.05, 0.1) is 5.56 Å². The lowest BCUT2D eigenvalue weighted by Gasteiger charge is -2.01. The van der Waals surface area contributed by atoms with Gasteiger partial charge in [-0.3, -0.25) is 4.79 Å². The van der Waals surface area contributed by atoms with E-state index < -0.39 is 11.1 Å². The maximum atomic E-state index is 13.0. The van der Waals surface area contributed by atoms with Crippen LogP contribution in [0.5, 0.6) is 0 Å². The zero-order chi connectivity index (χ0) is 9.42. The minimum atomic E-state index is -0.722. The molecule has 0 unspecified atom stereocenters. The summed E-state index contributed by atoms with van der Waals surface area (Å²) in [6.45, 7) is 0. The second kappa shape index (κ2) is 3.11. The van der Waals surface area contributed by atoms with E-state index in [0.29, 0.717) is 5.92 Å². The molecule has 13 heavy (non-hydrogen) atoms. The van der Waals surface area contributed by atoms with Gasteiger partial charge in [0.15, 0.2) is 0 Å². The van der Waals surface area contributed by atoms with Crippen LogP contribution in [0.4, 0.5) is 4.39 Å². The first-order chi connectivity index (χ1) is 6.18. The van der Waals surface area contributed by atoms with Crippen LogP contribution in [0.1, 0.15) is 34.7 Å². The van der Waals surface area contributed by atoms with Crippen molar-refractivity contribution in [1.29, 1.82) is 0 Å². The van der Waals surface area contributed by atoms with Gasteiger partial charge in [0, 0.05) is 0 Å². The summed E-state index contributed by atoms with van der Waals surface area (Å²) < 4.78 is 13.0. The Morgan fingerprint density at radius 2 is 2.15 bits per heavy atom. The quantitative estimate of drug-likeness (QED) is 0.668. The SMILES string of the molecule is O=C(Cl)c1cc(C2CC2)ccc1F. The standard InChI is InChI=1S/C10H8ClFO/c11-10(13)8-5-7(6-1-2-6)3-4-9(8)12/h3-6H,1-2H2. The number of benzene rings is 1. The highest BCUT2D eigenvalue weighted by Crippen LogP contribution is 2.40. The number of rotatable bonds is 2. The number of carbonyl (C=O) groups is 1. The average molecular weight is 199 g/mol. The average Bonchev–Trinajstić information content (AvgIpc) is 2.87. The smallest absolute Gasteiger partial charge is 0.255 e. The van der Waals surface area contributed by atoms with E-state index in [1.807, 2.05) is 0 Å². The molecule has 1 aliphatic carbocycles. The summed E-state index contributed by atoms with van der Waals surface area (Å²) >= 11 is 5.23. The minimum Gasteiger partial charge on any atom is -0.275 e. The van der Waals surface area contributed by atoms with Crippen molar-refractivity contribution in [1.82, 2.24) is 0 Å². The van der Waals surface area contributed by atoms with Crippen molar-refractivity contribution >= 4 is 16.8 Å². The summed E-state index contributed by atoms with van der Waals surface area (Å²) in [6.07, 6.45) is 2.25. The van der Waals surface area contributed by atoms with E-state index >= 15 is 0 Å². The van der Waals surface area contributed by atoms with Crippen LogP contribution in [-0.2, 0) is 0 Å². The summed E-state index contributed by atoms with van der Waals surface area (Å²) in [7, 11) is 0. The molecule has 0 aliphatic heterocycles. The molecule has 1 aromatic rings. The molecule has 0 spiro atoms.